The number of para-hydroxylation sites is 2. The summed E-state index contributed by atoms with van der Waals surface area (Å²) in [5.74, 6) is 1.90. The van der Waals surface area contributed by atoms with E-state index in [1.54, 1.807) is 6.20 Å². The zero-order chi connectivity index (χ0) is 35.4. The Hall–Kier alpha value is -6.66. The van der Waals surface area contributed by atoms with Crippen molar-refractivity contribution in [1.82, 2.24) is 9.55 Å². The van der Waals surface area contributed by atoms with Gasteiger partial charge in [0.15, 0.2) is 5.69 Å². The van der Waals surface area contributed by atoms with Crippen molar-refractivity contribution in [3.8, 4) is 34.5 Å². The number of benzene rings is 6. The van der Waals surface area contributed by atoms with Crippen LogP contribution < -0.4 is 14.5 Å². The van der Waals surface area contributed by atoms with Gasteiger partial charge in [-0.1, -0.05) is 71.9 Å². The van der Waals surface area contributed by atoms with Crippen LogP contribution >= 0.6 is 0 Å². The van der Waals surface area contributed by atoms with Crippen molar-refractivity contribution in [2.45, 2.75) is 5.41 Å². The van der Waals surface area contributed by atoms with Gasteiger partial charge in [-0.05, 0) is 76.6 Å². The number of nitriles is 1. The molecule has 0 radical (unpaired) electrons. The molecule has 2 aromatic heterocycles. The van der Waals surface area contributed by atoms with Gasteiger partial charge >= 0.3 is 0 Å². The molecule has 6 aromatic carbocycles. The fourth-order valence-electron chi connectivity index (χ4n) is 8.80. The Morgan fingerprint density at radius 3 is 2.43 bits per heavy atom. The number of fused-ring (bicyclic) bond motifs is 12. The molecule has 1 aliphatic carbocycles. The van der Waals surface area contributed by atoms with Crippen LogP contribution in [0, 0.1) is 36.7 Å². The number of anilines is 3. The average molecular weight is 873 g/mol. The molecule has 11 rings (SSSR count). The Kier molecular flexibility index (Phi) is 6.92. The summed E-state index contributed by atoms with van der Waals surface area (Å²) in [5, 5.41) is 12.3. The molecule has 54 heavy (non-hydrogen) atoms. The van der Waals surface area contributed by atoms with E-state index in [-0.39, 0.29) is 21.1 Å². The maximum absolute atomic E-state index is 10.1. The SMILES string of the molecule is [C-]#[N+]c1ccc2c(c1)C1(c3ccc(Oc4[c-]c5c(cc4)c4ccccc4n5-c4ccccn4)[c-]c3N3[CH-]N(C)c4cccc1c43)c1cc(C#N)ccc1-2.[Pt]. The van der Waals surface area contributed by atoms with E-state index < -0.39 is 5.41 Å². The number of hydrogen-bond donors (Lipinski definition) is 0. The van der Waals surface area contributed by atoms with Gasteiger partial charge in [0.05, 0.1) is 18.2 Å². The first-order chi connectivity index (χ1) is 26.1. The van der Waals surface area contributed by atoms with Crippen LogP contribution in [0.4, 0.5) is 22.7 Å². The summed E-state index contributed by atoms with van der Waals surface area (Å²) >= 11 is 0. The Balaban J connectivity index is 0.00000361. The largest absolute Gasteiger partial charge is 0.509 e. The summed E-state index contributed by atoms with van der Waals surface area (Å²) in [6, 6.07) is 50.2. The van der Waals surface area contributed by atoms with Gasteiger partial charge in [0.2, 0.25) is 0 Å². The van der Waals surface area contributed by atoms with Crippen LogP contribution in [0.2, 0.25) is 0 Å². The number of aromatic nitrogens is 2. The molecule has 0 amide bonds. The second-order valence-electron chi connectivity index (χ2n) is 13.5. The minimum Gasteiger partial charge on any atom is -0.509 e. The van der Waals surface area contributed by atoms with Gasteiger partial charge in [-0.15, -0.1) is 35.2 Å². The molecule has 0 saturated carbocycles. The molecule has 7 nitrogen and oxygen atoms in total. The molecule has 3 aliphatic rings. The van der Waals surface area contributed by atoms with Crippen LogP contribution in [0.25, 0.3) is 43.6 Å². The second-order valence-corrected chi connectivity index (χ2v) is 13.5. The zero-order valence-corrected chi connectivity index (χ0v) is 30.9. The molecule has 4 heterocycles. The second kappa shape index (κ2) is 11.7. The molecule has 2 aliphatic heterocycles. The monoisotopic (exact) mass is 872 g/mol. The molecule has 1 spiro atoms. The van der Waals surface area contributed by atoms with Crippen LogP contribution in [-0.2, 0) is 26.5 Å². The maximum atomic E-state index is 10.1. The predicted octanol–water partition coefficient (Wildman–Crippen LogP) is 10.4. The van der Waals surface area contributed by atoms with E-state index in [9.17, 15) is 5.26 Å². The topological polar surface area (TPSA) is 61.7 Å². The van der Waals surface area contributed by atoms with E-state index in [1.807, 2.05) is 85.9 Å². The van der Waals surface area contributed by atoms with Crippen molar-refractivity contribution in [1.29, 1.82) is 5.26 Å². The van der Waals surface area contributed by atoms with E-state index in [0.29, 0.717) is 22.7 Å². The van der Waals surface area contributed by atoms with Crippen molar-refractivity contribution < 1.29 is 25.8 Å². The number of nitrogens with zero attached hydrogens (tertiary/aromatic N) is 6. The Morgan fingerprint density at radius 2 is 1.59 bits per heavy atom. The van der Waals surface area contributed by atoms with Crippen LogP contribution in [-0.4, -0.2) is 16.6 Å². The van der Waals surface area contributed by atoms with Gasteiger partial charge in [-0.2, -0.15) is 24.1 Å². The first-order valence-corrected chi connectivity index (χ1v) is 17.3. The van der Waals surface area contributed by atoms with Gasteiger partial charge in [0, 0.05) is 61.1 Å². The van der Waals surface area contributed by atoms with E-state index in [1.165, 1.54) is 0 Å². The standard InChI is InChI=1S/C46H25N6O.Pt/c1-48-29-14-18-33-32-17-13-28(26-47)22-38(32)46(39(33)23-29)36-20-16-31(25-43(36)51-27-50(2)41-11-7-9-37(46)45(41)51)53-30-15-19-35-34-8-3-4-10-40(34)52(42(35)24-30)44-12-5-6-21-49-44;/h3-23,27H,2H3;/q-3;. The number of rotatable bonds is 3. The van der Waals surface area contributed by atoms with Crippen LogP contribution in [0.15, 0.2) is 128 Å². The minimum atomic E-state index is -0.807. The Bertz CT molecular complexity index is 2910. The van der Waals surface area contributed by atoms with E-state index in [2.05, 4.69) is 91.5 Å². The van der Waals surface area contributed by atoms with Crippen molar-refractivity contribution in [2.75, 3.05) is 16.8 Å². The minimum absolute atomic E-state index is 0. The van der Waals surface area contributed by atoms with Crippen LogP contribution in [0.1, 0.15) is 27.8 Å². The summed E-state index contributed by atoms with van der Waals surface area (Å²) in [6.45, 7) is 10.0. The van der Waals surface area contributed by atoms with Crippen molar-refractivity contribution in [3.63, 3.8) is 0 Å². The molecule has 8 heteroatoms. The predicted molar refractivity (Wildman–Crippen MR) is 206 cm³/mol. The number of ether oxygens (including phenoxy) is 1. The third-order valence-corrected chi connectivity index (χ3v) is 10.9. The molecule has 0 bridgehead atoms. The van der Waals surface area contributed by atoms with Crippen molar-refractivity contribution in [2.24, 2.45) is 0 Å². The molecule has 1 atom stereocenters. The van der Waals surface area contributed by atoms with Crippen LogP contribution in [0.5, 0.6) is 11.5 Å². The molecule has 0 saturated heterocycles. The third kappa shape index (κ3) is 4.16. The van der Waals surface area contributed by atoms with E-state index >= 15 is 0 Å². The smallest absolute Gasteiger partial charge is 0.187 e. The molecule has 1 unspecified atom stereocenters. The number of hydrogen-bond acceptors (Lipinski definition) is 5. The fraction of sp³-hybridized carbons (Fsp3) is 0.0435. The summed E-state index contributed by atoms with van der Waals surface area (Å²) in [5.41, 5.74) is 11.4. The third-order valence-electron chi connectivity index (χ3n) is 10.9. The normalized spacial score (nSPS) is 15.6. The molecule has 8 aromatic rings. The summed E-state index contributed by atoms with van der Waals surface area (Å²) in [7, 11) is 2.05. The van der Waals surface area contributed by atoms with Gasteiger partial charge in [-0.25, -0.2) is 9.83 Å². The zero-order valence-electron chi connectivity index (χ0n) is 28.6. The summed E-state index contributed by atoms with van der Waals surface area (Å²) in [4.78, 5) is 12.8. The Morgan fingerprint density at radius 1 is 0.796 bits per heavy atom. The molecular formula is C46H25N6OPt-3. The molecule has 0 fully saturated rings. The molecule has 0 N–H and O–H groups in total. The van der Waals surface area contributed by atoms with Crippen molar-refractivity contribution in [3.05, 3.63) is 186 Å². The maximum Gasteiger partial charge on any atom is 0.187 e. The van der Waals surface area contributed by atoms with Crippen molar-refractivity contribution >= 4 is 44.6 Å². The molecule has 258 valence electrons. The van der Waals surface area contributed by atoms with E-state index in [4.69, 9.17) is 11.3 Å². The first kappa shape index (κ1) is 32.0. The summed E-state index contributed by atoms with van der Waals surface area (Å²) in [6.07, 6.45) is 1.80. The first-order valence-electron chi connectivity index (χ1n) is 17.3. The van der Waals surface area contributed by atoms with Gasteiger partial charge in [-0.3, -0.25) is 0 Å². The van der Waals surface area contributed by atoms with Gasteiger partial charge in [0.1, 0.15) is 5.82 Å². The van der Waals surface area contributed by atoms with E-state index in [0.717, 1.165) is 78.1 Å². The average Bonchev–Trinajstić information content (AvgIpc) is 3.82. The van der Waals surface area contributed by atoms with Crippen LogP contribution in [0.3, 0.4) is 0 Å². The van der Waals surface area contributed by atoms with Gasteiger partial charge in [0.25, 0.3) is 0 Å². The Labute approximate surface area is 326 Å². The fourth-order valence-corrected chi connectivity index (χ4v) is 8.80. The quantitative estimate of drug-likeness (QED) is 0.166. The van der Waals surface area contributed by atoms with Gasteiger partial charge < -0.3 is 19.1 Å². The molecular weight excluding hydrogens is 848 g/mol. The summed E-state index contributed by atoms with van der Waals surface area (Å²) < 4.78 is 8.76. The number of pyridine rings is 1.